The summed E-state index contributed by atoms with van der Waals surface area (Å²) in [6, 6.07) is 15.0. The van der Waals surface area contributed by atoms with Gasteiger partial charge in [0.1, 0.15) is 9.75 Å². The number of carbonyl (C=O) groups is 4. The molecule has 0 aromatic carbocycles. The van der Waals surface area contributed by atoms with Crippen LogP contribution in [-0.2, 0) is 31.9 Å². The van der Waals surface area contributed by atoms with E-state index in [9.17, 15) is 29.4 Å². The van der Waals surface area contributed by atoms with Crippen molar-refractivity contribution >= 4 is 80.6 Å². The molecule has 0 fully saturated rings. The van der Waals surface area contributed by atoms with Crippen LogP contribution >= 0.6 is 56.7 Å². The molecule has 222 valence electrons. The van der Waals surface area contributed by atoms with Gasteiger partial charge in [0.2, 0.25) is 0 Å². The molecule has 0 unspecified atom stereocenters. The fraction of sp³-hybridized carbons (Fsp3) is 0.200. The summed E-state index contributed by atoms with van der Waals surface area (Å²) < 4.78 is 10.4. The van der Waals surface area contributed by atoms with Crippen LogP contribution in [0.3, 0.4) is 0 Å². The molecule has 0 bridgehead atoms. The summed E-state index contributed by atoms with van der Waals surface area (Å²) in [4.78, 5) is 53.9. The topological polar surface area (TPSA) is 127 Å². The lowest BCUT2D eigenvalue weighted by molar-refractivity contribution is -0.141. The third-order valence-electron chi connectivity index (χ3n) is 6.14. The molecule has 0 aliphatic heterocycles. The van der Waals surface area contributed by atoms with E-state index in [0.717, 1.165) is 50.1 Å². The molecule has 0 atom stereocenters. The van der Waals surface area contributed by atoms with Gasteiger partial charge >= 0.3 is 23.9 Å². The van der Waals surface area contributed by atoms with E-state index in [2.05, 4.69) is 0 Å². The highest BCUT2D eigenvalue weighted by molar-refractivity contribution is 7.30. The van der Waals surface area contributed by atoms with Crippen LogP contribution in [-0.4, -0.2) is 47.3 Å². The third kappa shape index (κ3) is 7.31. The van der Waals surface area contributed by atoms with Gasteiger partial charge in [0.05, 0.1) is 13.2 Å². The summed E-state index contributed by atoms with van der Waals surface area (Å²) in [6.07, 6.45) is 1.02. The number of thiophene rings is 5. The van der Waals surface area contributed by atoms with Crippen molar-refractivity contribution < 1.29 is 38.9 Å². The normalized spacial score (nSPS) is 11.0. The Bertz CT molecular complexity index is 1690. The summed E-state index contributed by atoms with van der Waals surface area (Å²) in [5.74, 6) is -2.63. The van der Waals surface area contributed by atoms with Crippen molar-refractivity contribution in [3.8, 4) is 39.0 Å². The minimum Gasteiger partial charge on any atom is -0.477 e. The Labute approximate surface area is 266 Å². The standard InChI is InChI=1S/C30H24O8S5/c1-15(31)37-11-9-17-13-25(19-3-7-23(39-19)29(33)34)42-27(17)21-5-6-22(41-21)28-18(10-12-38-16(2)32)14-26(43-28)20-4-8-24(40-20)30(35)36/h3-8,13-14H,9-12H2,1-2H3,(H,33,34)(H,35,36). The van der Waals surface area contributed by atoms with Crippen molar-refractivity contribution in [2.75, 3.05) is 13.2 Å². The molecule has 0 aliphatic rings. The van der Waals surface area contributed by atoms with Crippen molar-refractivity contribution in [1.82, 2.24) is 0 Å². The van der Waals surface area contributed by atoms with Gasteiger partial charge in [-0.15, -0.1) is 56.7 Å². The largest absolute Gasteiger partial charge is 0.477 e. The van der Waals surface area contributed by atoms with Crippen LogP contribution in [0.15, 0.2) is 48.5 Å². The molecule has 0 saturated carbocycles. The average Bonchev–Trinajstić information content (AvgIpc) is 3.76. The summed E-state index contributed by atoms with van der Waals surface area (Å²) in [5.41, 5.74) is 2.00. The molecule has 5 rings (SSSR count). The van der Waals surface area contributed by atoms with Crippen LogP contribution in [0.25, 0.3) is 39.0 Å². The second kappa shape index (κ2) is 13.3. The van der Waals surface area contributed by atoms with Crippen molar-refractivity contribution in [2.24, 2.45) is 0 Å². The Kier molecular flexibility index (Phi) is 9.57. The van der Waals surface area contributed by atoms with Gasteiger partial charge in [-0.05, 0) is 59.7 Å². The van der Waals surface area contributed by atoms with Crippen LogP contribution in [0.2, 0.25) is 0 Å². The number of esters is 2. The Balaban J connectivity index is 1.51. The van der Waals surface area contributed by atoms with E-state index in [1.807, 2.05) is 36.4 Å². The van der Waals surface area contributed by atoms with E-state index in [1.54, 1.807) is 46.1 Å². The fourth-order valence-corrected chi connectivity index (χ4v) is 9.82. The minimum atomic E-state index is -0.965. The predicted molar refractivity (Wildman–Crippen MR) is 172 cm³/mol. The number of ether oxygens (including phenoxy) is 2. The van der Waals surface area contributed by atoms with E-state index < -0.39 is 11.9 Å². The number of rotatable bonds is 12. The molecule has 8 nitrogen and oxygen atoms in total. The molecule has 0 aliphatic carbocycles. The average molecular weight is 673 g/mol. The first-order valence-electron chi connectivity index (χ1n) is 12.9. The van der Waals surface area contributed by atoms with E-state index in [4.69, 9.17) is 9.47 Å². The number of carboxylic acids is 2. The van der Waals surface area contributed by atoms with E-state index in [0.29, 0.717) is 12.8 Å². The smallest absolute Gasteiger partial charge is 0.345 e. The molecular weight excluding hydrogens is 649 g/mol. The first kappa shape index (κ1) is 30.8. The Morgan fingerprint density at radius 2 is 0.953 bits per heavy atom. The fourth-order valence-electron chi connectivity index (χ4n) is 4.25. The van der Waals surface area contributed by atoms with Gasteiger partial charge in [0.15, 0.2) is 0 Å². The van der Waals surface area contributed by atoms with Crippen LogP contribution < -0.4 is 0 Å². The zero-order valence-electron chi connectivity index (χ0n) is 22.8. The minimum absolute atomic E-state index is 0.231. The van der Waals surface area contributed by atoms with Gasteiger partial charge in [-0.2, -0.15) is 0 Å². The van der Waals surface area contributed by atoms with Gasteiger partial charge in [-0.1, -0.05) is 0 Å². The summed E-state index contributed by atoms with van der Waals surface area (Å²) in [7, 11) is 0. The molecule has 0 radical (unpaired) electrons. The molecule has 5 heterocycles. The first-order chi connectivity index (χ1) is 20.6. The second-order valence-corrected chi connectivity index (χ2v) is 14.6. The van der Waals surface area contributed by atoms with Gasteiger partial charge < -0.3 is 19.7 Å². The van der Waals surface area contributed by atoms with Gasteiger partial charge in [-0.25, -0.2) is 9.59 Å². The van der Waals surface area contributed by atoms with E-state index >= 15 is 0 Å². The number of hydrogen-bond donors (Lipinski definition) is 2. The lowest BCUT2D eigenvalue weighted by Gasteiger charge is -2.04. The van der Waals surface area contributed by atoms with Crippen molar-refractivity contribution in [3.05, 3.63) is 69.4 Å². The molecule has 0 amide bonds. The molecule has 0 spiro atoms. The monoisotopic (exact) mass is 672 g/mol. The lowest BCUT2D eigenvalue weighted by atomic mass is 10.1. The maximum absolute atomic E-state index is 11.4. The van der Waals surface area contributed by atoms with E-state index in [-0.39, 0.29) is 34.9 Å². The molecule has 43 heavy (non-hydrogen) atoms. The molecule has 13 heteroatoms. The quantitative estimate of drug-likeness (QED) is 0.127. The summed E-state index contributed by atoms with van der Waals surface area (Å²) >= 11 is 7.17. The Morgan fingerprint density at radius 3 is 1.30 bits per heavy atom. The first-order valence-corrected chi connectivity index (χ1v) is 17.0. The Hall–Kier alpha value is -3.62. The third-order valence-corrected chi connectivity index (χ3v) is 12.5. The van der Waals surface area contributed by atoms with Crippen molar-refractivity contribution in [2.45, 2.75) is 26.7 Å². The second-order valence-electron chi connectivity index (χ2n) is 9.21. The highest BCUT2D eigenvalue weighted by atomic mass is 32.1. The molecule has 5 aromatic heterocycles. The number of carboxylic acid groups (broad SMARTS) is 2. The number of carbonyl (C=O) groups excluding carboxylic acids is 2. The molecular formula is C30H24O8S5. The van der Waals surface area contributed by atoms with Crippen LogP contribution in [0.1, 0.15) is 44.3 Å². The van der Waals surface area contributed by atoms with Gasteiger partial charge in [-0.3, -0.25) is 9.59 Å². The van der Waals surface area contributed by atoms with Crippen LogP contribution in [0.5, 0.6) is 0 Å². The predicted octanol–water partition coefficient (Wildman–Crippen LogP) is 8.27. The van der Waals surface area contributed by atoms with Crippen molar-refractivity contribution in [3.63, 3.8) is 0 Å². The molecule has 0 saturated heterocycles. The maximum atomic E-state index is 11.4. The number of aromatic carboxylic acids is 2. The zero-order valence-corrected chi connectivity index (χ0v) is 26.9. The molecule has 5 aromatic rings. The zero-order chi connectivity index (χ0) is 30.7. The highest BCUT2D eigenvalue weighted by Gasteiger charge is 2.20. The lowest BCUT2D eigenvalue weighted by Crippen LogP contribution is -2.03. The SMILES string of the molecule is CC(=O)OCCc1cc(-c2ccc(C(=O)O)s2)sc1-c1ccc(-c2sc(-c3ccc(C(=O)O)s3)cc2CCOC(C)=O)s1. The van der Waals surface area contributed by atoms with E-state index in [1.165, 1.54) is 36.5 Å². The van der Waals surface area contributed by atoms with Crippen LogP contribution in [0.4, 0.5) is 0 Å². The van der Waals surface area contributed by atoms with Gasteiger partial charge in [0.25, 0.3) is 0 Å². The highest BCUT2D eigenvalue weighted by Crippen LogP contribution is 2.48. The molecule has 2 N–H and O–H groups in total. The Morgan fingerprint density at radius 1 is 0.558 bits per heavy atom. The summed E-state index contributed by atoms with van der Waals surface area (Å²) in [6.45, 7) is 3.21. The van der Waals surface area contributed by atoms with Gasteiger partial charge in [0, 0.05) is 65.7 Å². The maximum Gasteiger partial charge on any atom is 0.345 e. The number of hydrogen-bond acceptors (Lipinski definition) is 11. The van der Waals surface area contributed by atoms with Crippen molar-refractivity contribution in [1.29, 1.82) is 0 Å². The van der Waals surface area contributed by atoms with Crippen LogP contribution in [0, 0.1) is 0 Å². The summed E-state index contributed by atoms with van der Waals surface area (Å²) in [5, 5.41) is 18.8.